The SMILES string of the molecule is COc1cccc(CC#Cc2csc3c(C)c(=O)n(Cc4ccc(C(=O)N5CCSCC5)cc4)c(=O)n23)c1. The van der Waals surface area contributed by atoms with E-state index in [1.54, 1.807) is 26.2 Å². The Bertz CT molecular complexity index is 1670. The highest BCUT2D eigenvalue weighted by Gasteiger charge is 2.19. The van der Waals surface area contributed by atoms with Crippen molar-refractivity contribution < 1.29 is 9.53 Å². The van der Waals surface area contributed by atoms with Gasteiger partial charge in [-0.3, -0.25) is 14.2 Å². The van der Waals surface area contributed by atoms with Gasteiger partial charge < -0.3 is 9.64 Å². The summed E-state index contributed by atoms with van der Waals surface area (Å²) in [6.07, 6.45) is 0.503. The van der Waals surface area contributed by atoms with Crippen LogP contribution >= 0.6 is 23.1 Å². The van der Waals surface area contributed by atoms with Gasteiger partial charge in [0.2, 0.25) is 0 Å². The molecule has 7 nitrogen and oxygen atoms in total. The number of amides is 1. The number of aromatic nitrogens is 2. The van der Waals surface area contributed by atoms with Gasteiger partial charge in [0, 0.05) is 47.5 Å². The molecule has 3 heterocycles. The second-order valence-electron chi connectivity index (χ2n) is 8.99. The average Bonchev–Trinajstić information content (AvgIpc) is 3.39. The van der Waals surface area contributed by atoms with Gasteiger partial charge in [-0.05, 0) is 48.2 Å². The zero-order valence-corrected chi connectivity index (χ0v) is 22.9. The number of carbonyl (C=O) groups excluding carboxylic acids is 1. The van der Waals surface area contributed by atoms with Gasteiger partial charge >= 0.3 is 5.69 Å². The van der Waals surface area contributed by atoms with Crippen molar-refractivity contribution in [3.8, 4) is 17.6 Å². The molecule has 0 unspecified atom stereocenters. The van der Waals surface area contributed by atoms with E-state index >= 15 is 0 Å². The fraction of sp³-hybridized carbons (Fsp3) is 0.276. The summed E-state index contributed by atoms with van der Waals surface area (Å²) in [5.74, 6) is 8.93. The summed E-state index contributed by atoms with van der Waals surface area (Å²) in [6.45, 7) is 3.35. The Morgan fingerprint density at radius 3 is 2.55 bits per heavy atom. The van der Waals surface area contributed by atoms with Crippen LogP contribution in [0.25, 0.3) is 4.83 Å². The van der Waals surface area contributed by atoms with Crippen LogP contribution in [0.2, 0.25) is 0 Å². The molecular weight excluding hydrogens is 518 g/mol. The van der Waals surface area contributed by atoms with E-state index in [9.17, 15) is 14.4 Å². The molecule has 1 aliphatic rings. The van der Waals surface area contributed by atoms with Crippen molar-refractivity contribution in [2.75, 3.05) is 31.7 Å². The van der Waals surface area contributed by atoms with E-state index in [0.717, 1.165) is 41.5 Å². The smallest absolute Gasteiger partial charge is 0.337 e. The minimum Gasteiger partial charge on any atom is -0.497 e. The van der Waals surface area contributed by atoms with Crippen molar-refractivity contribution in [2.45, 2.75) is 19.9 Å². The Balaban J connectivity index is 1.41. The third-order valence-electron chi connectivity index (χ3n) is 6.52. The van der Waals surface area contributed by atoms with E-state index in [-0.39, 0.29) is 18.0 Å². The van der Waals surface area contributed by atoms with Crippen LogP contribution in [0.4, 0.5) is 0 Å². The van der Waals surface area contributed by atoms with Crippen molar-refractivity contribution in [1.29, 1.82) is 0 Å². The number of nitrogens with zero attached hydrogens (tertiary/aromatic N) is 3. The van der Waals surface area contributed by atoms with Crippen LogP contribution in [0.1, 0.15) is 32.7 Å². The number of thiazole rings is 1. The van der Waals surface area contributed by atoms with Crippen molar-refractivity contribution in [1.82, 2.24) is 13.9 Å². The summed E-state index contributed by atoms with van der Waals surface area (Å²) < 4.78 is 8.03. The minimum atomic E-state index is -0.423. The van der Waals surface area contributed by atoms with Gasteiger partial charge in [0.05, 0.1) is 13.7 Å². The normalized spacial score (nSPS) is 13.3. The molecular formula is C29H27N3O4S2. The van der Waals surface area contributed by atoms with Crippen LogP contribution in [0, 0.1) is 18.8 Å². The topological polar surface area (TPSA) is 73.0 Å². The number of rotatable bonds is 5. The lowest BCUT2D eigenvalue weighted by Gasteiger charge is -2.26. The van der Waals surface area contributed by atoms with Crippen molar-refractivity contribution in [2.24, 2.45) is 0 Å². The Hall–Kier alpha value is -3.74. The van der Waals surface area contributed by atoms with Crippen molar-refractivity contribution in [3.05, 3.63) is 103 Å². The number of thioether (sulfide) groups is 1. The molecule has 0 spiro atoms. The summed E-state index contributed by atoms with van der Waals surface area (Å²) in [5, 5.41) is 1.81. The summed E-state index contributed by atoms with van der Waals surface area (Å²) in [5.41, 5.74) is 2.71. The molecule has 0 aliphatic carbocycles. The zero-order valence-electron chi connectivity index (χ0n) is 21.2. The van der Waals surface area contributed by atoms with E-state index in [4.69, 9.17) is 4.74 Å². The lowest BCUT2D eigenvalue weighted by molar-refractivity contribution is 0.0772. The summed E-state index contributed by atoms with van der Waals surface area (Å²) >= 11 is 3.19. The lowest BCUT2D eigenvalue weighted by Crippen LogP contribution is -2.39. The maximum Gasteiger partial charge on any atom is 0.337 e. The maximum absolute atomic E-state index is 13.5. The third-order valence-corrected chi connectivity index (χ3v) is 8.51. The molecule has 0 saturated carbocycles. The van der Waals surface area contributed by atoms with Crippen molar-refractivity contribution >= 4 is 33.8 Å². The number of fused-ring (bicyclic) bond motifs is 1. The first-order valence-electron chi connectivity index (χ1n) is 12.3. The molecule has 0 radical (unpaired) electrons. The molecule has 0 bridgehead atoms. The van der Waals surface area contributed by atoms with Gasteiger partial charge in [-0.15, -0.1) is 11.3 Å². The third kappa shape index (κ3) is 5.28. The number of carbonyl (C=O) groups is 1. The highest BCUT2D eigenvalue weighted by Crippen LogP contribution is 2.17. The Morgan fingerprint density at radius 1 is 1.05 bits per heavy atom. The summed E-state index contributed by atoms with van der Waals surface area (Å²) in [4.78, 5) is 41.8. The van der Waals surface area contributed by atoms with Gasteiger partial charge in [-0.2, -0.15) is 11.8 Å². The van der Waals surface area contributed by atoms with E-state index in [0.29, 0.717) is 28.1 Å². The van der Waals surface area contributed by atoms with Gasteiger partial charge in [0.25, 0.3) is 11.5 Å². The van der Waals surface area contributed by atoms with Gasteiger partial charge in [0.15, 0.2) is 0 Å². The molecule has 1 amide bonds. The molecule has 194 valence electrons. The Morgan fingerprint density at radius 2 is 1.82 bits per heavy atom. The molecule has 4 aromatic rings. The number of benzene rings is 2. The minimum absolute atomic E-state index is 0.0155. The standard InChI is InChI=1S/C29H27N3O4S2/c1-20-26(33)31(18-22-9-11-23(12-10-22)27(34)30-13-15-37-16-14-30)29(35)32-24(19-38-28(20)32)7-3-5-21-6-4-8-25(17-21)36-2/h4,6,8-12,17,19H,5,13-16,18H2,1-2H3. The van der Waals surface area contributed by atoms with Crippen LogP contribution in [0.5, 0.6) is 5.75 Å². The number of hydrogen-bond donors (Lipinski definition) is 0. The average molecular weight is 546 g/mol. The molecule has 5 rings (SSSR count). The second-order valence-corrected chi connectivity index (χ2v) is 11.1. The molecule has 2 aromatic carbocycles. The number of hydrogen-bond acceptors (Lipinski definition) is 6. The number of methoxy groups -OCH3 is 1. The largest absolute Gasteiger partial charge is 0.497 e. The number of aryl methyl sites for hydroxylation is 1. The first-order valence-corrected chi connectivity index (χ1v) is 14.3. The summed E-state index contributed by atoms with van der Waals surface area (Å²) in [7, 11) is 1.62. The quantitative estimate of drug-likeness (QED) is 0.358. The molecule has 0 atom stereocenters. The molecule has 2 aromatic heterocycles. The fourth-order valence-corrected chi connectivity index (χ4v) is 6.24. The predicted octanol–water partition coefficient (Wildman–Crippen LogP) is 3.67. The highest BCUT2D eigenvalue weighted by molar-refractivity contribution is 7.99. The number of ether oxygens (including phenoxy) is 1. The van der Waals surface area contributed by atoms with Crippen LogP contribution in [-0.2, 0) is 13.0 Å². The first kappa shape index (κ1) is 25.9. The van der Waals surface area contributed by atoms with Crippen LogP contribution in [0.15, 0.2) is 63.5 Å². The van der Waals surface area contributed by atoms with Gasteiger partial charge in [-0.1, -0.05) is 30.2 Å². The van der Waals surface area contributed by atoms with E-state index in [2.05, 4.69) is 11.8 Å². The second kappa shape index (κ2) is 11.3. The van der Waals surface area contributed by atoms with Crippen LogP contribution in [0.3, 0.4) is 0 Å². The zero-order chi connectivity index (χ0) is 26.6. The van der Waals surface area contributed by atoms with Crippen LogP contribution in [-0.4, -0.2) is 51.5 Å². The fourth-order valence-electron chi connectivity index (χ4n) is 4.40. The molecule has 1 saturated heterocycles. The van der Waals surface area contributed by atoms with E-state index < -0.39 is 5.69 Å². The first-order chi connectivity index (χ1) is 18.5. The van der Waals surface area contributed by atoms with E-state index in [1.807, 2.05) is 58.4 Å². The monoisotopic (exact) mass is 545 g/mol. The lowest BCUT2D eigenvalue weighted by atomic mass is 10.1. The maximum atomic E-state index is 13.5. The Kier molecular flexibility index (Phi) is 7.72. The molecule has 1 fully saturated rings. The summed E-state index contributed by atoms with van der Waals surface area (Å²) in [6, 6.07) is 14.9. The molecule has 0 N–H and O–H groups in total. The molecule has 9 heteroatoms. The Labute approximate surface area is 228 Å². The van der Waals surface area contributed by atoms with Gasteiger partial charge in [0.1, 0.15) is 16.3 Å². The predicted molar refractivity (Wildman–Crippen MR) is 153 cm³/mol. The van der Waals surface area contributed by atoms with Gasteiger partial charge in [-0.25, -0.2) is 9.20 Å². The highest BCUT2D eigenvalue weighted by atomic mass is 32.2. The molecule has 1 aliphatic heterocycles. The van der Waals surface area contributed by atoms with Crippen molar-refractivity contribution in [3.63, 3.8) is 0 Å². The molecule has 38 heavy (non-hydrogen) atoms. The van der Waals surface area contributed by atoms with E-state index in [1.165, 1.54) is 20.3 Å². The van der Waals surface area contributed by atoms with Crippen LogP contribution < -0.4 is 16.0 Å².